The molecule has 5 rings (SSSR count). The van der Waals surface area contributed by atoms with E-state index in [1.54, 1.807) is 24.3 Å². The van der Waals surface area contributed by atoms with Crippen LogP contribution in [0.4, 0.5) is 10.5 Å². The molecule has 3 N–H and O–H groups in total. The van der Waals surface area contributed by atoms with Gasteiger partial charge >= 0.3 is 6.03 Å². The summed E-state index contributed by atoms with van der Waals surface area (Å²) < 4.78 is 16.6. The number of hydrogen-bond donors (Lipinski definition) is 3. The highest BCUT2D eigenvalue weighted by Gasteiger charge is 2.36. The third kappa shape index (κ3) is 4.50. The van der Waals surface area contributed by atoms with Gasteiger partial charge in [-0.25, -0.2) is 4.79 Å². The molecule has 1 saturated heterocycles. The molecule has 0 aromatic heterocycles. The second kappa shape index (κ2) is 8.70. The first-order valence-corrected chi connectivity index (χ1v) is 11.0. The summed E-state index contributed by atoms with van der Waals surface area (Å²) in [6.07, 6.45) is 3.64. The summed E-state index contributed by atoms with van der Waals surface area (Å²) in [5.74, 6) is 1.31. The highest BCUT2D eigenvalue weighted by molar-refractivity contribution is 5.97. The van der Waals surface area contributed by atoms with E-state index >= 15 is 0 Å². The molecule has 2 heterocycles. The molecule has 1 saturated carbocycles. The summed E-state index contributed by atoms with van der Waals surface area (Å²) in [5, 5.41) is 8.78. The summed E-state index contributed by atoms with van der Waals surface area (Å²) in [7, 11) is 0. The smallest absolute Gasteiger partial charge is 0.319 e. The first-order chi connectivity index (χ1) is 15.6. The molecule has 0 atom stereocenters. The van der Waals surface area contributed by atoms with E-state index in [9.17, 15) is 9.59 Å². The Kier molecular flexibility index (Phi) is 5.61. The van der Waals surface area contributed by atoms with Crippen LogP contribution in [0.5, 0.6) is 11.5 Å². The number of benzene rings is 2. The largest absolute Gasteiger partial charge is 0.454 e. The summed E-state index contributed by atoms with van der Waals surface area (Å²) in [6.45, 7) is 1.99. The van der Waals surface area contributed by atoms with E-state index in [4.69, 9.17) is 14.2 Å². The number of carbonyl (C=O) groups is 2. The standard InChI is InChI=1S/C24H27N3O5/c28-22(16-2-1-3-19(12-16)27-23(29)26-18-5-6-18)25-14-24(8-10-30-11-9-24)17-4-7-20-21(13-17)32-15-31-20/h1-4,7,12-13,18H,5-6,8-11,14-15H2,(H,25,28)(H2,26,27,29). The van der Waals surface area contributed by atoms with Gasteiger partial charge in [-0.2, -0.15) is 0 Å². The molecule has 0 unspecified atom stereocenters. The molecule has 32 heavy (non-hydrogen) atoms. The van der Waals surface area contributed by atoms with E-state index in [2.05, 4.69) is 16.0 Å². The molecule has 0 radical (unpaired) electrons. The normalized spacial score (nSPS) is 18.6. The van der Waals surface area contributed by atoms with Crippen molar-refractivity contribution in [2.45, 2.75) is 37.1 Å². The number of ether oxygens (including phenoxy) is 3. The second-order valence-corrected chi connectivity index (χ2v) is 8.60. The highest BCUT2D eigenvalue weighted by Crippen LogP contribution is 2.40. The Balaban J connectivity index is 1.28. The van der Waals surface area contributed by atoms with Gasteiger partial charge in [0.05, 0.1) is 0 Å². The summed E-state index contributed by atoms with van der Waals surface area (Å²) >= 11 is 0. The van der Waals surface area contributed by atoms with Crippen molar-refractivity contribution in [2.75, 3.05) is 31.9 Å². The van der Waals surface area contributed by atoms with Crippen molar-refractivity contribution in [3.63, 3.8) is 0 Å². The van der Waals surface area contributed by atoms with Gasteiger partial charge in [0.15, 0.2) is 11.5 Å². The van der Waals surface area contributed by atoms with E-state index in [0.29, 0.717) is 31.0 Å². The predicted octanol–water partition coefficient (Wildman–Crippen LogP) is 3.18. The van der Waals surface area contributed by atoms with Crippen LogP contribution in [0.15, 0.2) is 42.5 Å². The zero-order chi connectivity index (χ0) is 22.0. The Labute approximate surface area is 186 Å². The molecular weight excluding hydrogens is 410 g/mol. The molecule has 0 spiro atoms. The van der Waals surface area contributed by atoms with Crippen molar-refractivity contribution in [1.29, 1.82) is 0 Å². The van der Waals surface area contributed by atoms with Crippen LogP contribution in [0.3, 0.4) is 0 Å². The number of fused-ring (bicyclic) bond motifs is 1. The summed E-state index contributed by atoms with van der Waals surface area (Å²) in [5.41, 5.74) is 1.96. The van der Waals surface area contributed by atoms with Crippen molar-refractivity contribution in [3.8, 4) is 11.5 Å². The van der Waals surface area contributed by atoms with Crippen LogP contribution in [0, 0.1) is 0 Å². The average molecular weight is 437 g/mol. The first-order valence-electron chi connectivity index (χ1n) is 11.0. The van der Waals surface area contributed by atoms with Gasteiger partial charge in [-0.1, -0.05) is 12.1 Å². The number of anilines is 1. The van der Waals surface area contributed by atoms with Gasteiger partial charge in [0.2, 0.25) is 6.79 Å². The fourth-order valence-electron chi connectivity index (χ4n) is 4.23. The third-order valence-electron chi connectivity index (χ3n) is 6.32. The minimum absolute atomic E-state index is 0.178. The lowest BCUT2D eigenvalue weighted by molar-refractivity contribution is 0.0486. The van der Waals surface area contributed by atoms with Crippen LogP contribution in [0.1, 0.15) is 41.6 Å². The quantitative estimate of drug-likeness (QED) is 0.645. The maximum absolute atomic E-state index is 13.0. The first kappa shape index (κ1) is 20.6. The molecule has 2 aromatic carbocycles. The second-order valence-electron chi connectivity index (χ2n) is 8.60. The zero-order valence-corrected chi connectivity index (χ0v) is 17.8. The Bertz CT molecular complexity index is 1010. The van der Waals surface area contributed by atoms with Crippen molar-refractivity contribution in [1.82, 2.24) is 10.6 Å². The van der Waals surface area contributed by atoms with E-state index in [1.165, 1.54) is 0 Å². The van der Waals surface area contributed by atoms with Crippen molar-refractivity contribution in [2.24, 2.45) is 0 Å². The topological polar surface area (TPSA) is 97.9 Å². The van der Waals surface area contributed by atoms with Gasteiger partial charge in [-0.15, -0.1) is 0 Å². The average Bonchev–Trinajstić information content (AvgIpc) is 3.50. The van der Waals surface area contributed by atoms with Gasteiger partial charge < -0.3 is 30.2 Å². The number of nitrogens with one attached hydrogen (secondary N) is 3. The van der Waals surface area contributed by atoms with Crippen LogP contribution in [0.2, 0.25) is 0 Å². The number of rotatable bonds is 6. The van der Waals surface area contributed by atoms with Crippen LogP contribution in [-0.2, 0) is 10.2 Å². The summed E-state index contributed by atoms with van der Waals surface area (Å²) in [6, 6.07) is 13.0. The molecular formula is C24H27N3O5. The third-order valence-corrected chi connectivity index (χ3v) is 6.32. The maximum Gasteiger partial charge on any atom is 0.319 e. The lowest BCUT2D eigenvalue weighted by Crippen LogP contribution is -2.44. The van der Waals surface area contributed by atoms with Gasteiger partial charge in [0, 0.05) is 42.5 Å². The molecule has 2 aromatic rings. The van der Waals surface area contributed by atoms with Crippen molar-refractivity contribution >= 4 is 17.6 Å². The van der Waals surface area contributed by atoms with Gasteiger partial charge in [0.25, 0.3) is 5.91 Å². The fraction of sp³-hybridized carbons (Fsp3) is 0.417. The van der Waals surface area contributed by atoms with Gasteiger partial charge in [-0.3, -0.25) is 4.79 Å². The van der Waals surface area contributed by atoms with Gasteiger partial charge in [-0.05, 0) is 61.6 Å². The SMILES string of the molecule is O=C(Nc1cccc(C(=O)NCC2(c3ccc4c(c3)OCO4)CCOCC2)c1)NC1CC1. The molecule has 8 heteroatoms. The van der Waals surface area contributed by atoms with Crippen LogP contribution >= 0.6 is 0 Å². The van der Waals surface area contributed by atoms with E-state index in [-0.39, 0.29) is 30.2 Å². The van der Waals surface area contributed by atoms with E-state index in [0.717, 1.165) is 42.7 Å². The molecule has 8 nitrogen and oxygen atoms in total. The Morgan fingerprint density at radius 2 is 1.81 bits per heavy atom. The van der Waals surface area contributed by atoms with Crippen LogP contribution in [-0.4, -0.2) is 44.5 Å². The Morgan fingerprint density at radius 3 is 2.62 bits per heavy atom. The maximum atomic E-state index is 13.0. The van der Waals surface area contributed by atoms with Crippen molar-refractivity contribution in [3.05, 3.63) is 53.6 Å². The molecule has 2 fully saturated rings. The van der Waals surface area contributed by atoms with Crippen molar-refractivity contribution < 1.29 is 23.8 Å². The van der Waals surface area contributed by atoms with Crippen LogP contribution in [0.25, 0.3) is 0 Å². The number of urea groups is 1. The summed E-state index contributed by atoms with van der Waals surface area (Å²) in [4.78, 5) is 25.0. The lowest BCUT2D eigenvalue weighted by atomic mass is 9.74. The fourth-order valence-corrected chi connectivity index (χ4v) is 4.23. The Hall–Kier alpha value is -3.26. The molecule has 2 aliphatic heterocycles. The minimum Gasteiger partial charge on any atom is -0.454 e. The Morgan fingerprint density at radius 1 is 1.00 bits per heavy atom. The molecule has 168 valence electrons. The monoisotopic (exact) mass is 437 g/mol. The van der Waals surface area contributed by atoms with E-state index < -0.39 is 0 Å². The molecule has 1 aliphatic carbocycles. The number of carbonyl (C=O) groups excluding carboxylic acids is 2. The lowest BCUT2D eigenvalue weighted by Gasteiger charge is -2.38. The molecule has 3 aliphatic rings. The minimum atomic E-state index is -0.242. The van der Waals surface area contributed by atoms with Gasteiger partial charge in [0.1, 0.15) is 0 Å². The van der Waals surface area contributed by atoms with Crippen LogP contribution < -0.4 is 25.4 Å². The predicted molar refractivity (Wildman–Crippen MR) is 118 cm³/mol. The zero-order valence-electron chi connectivity index (χ0n) is 17.8. The molecule has 3 amide bonds. The number of hydrogen-bond acceptors (Lipinski definition) is 5. The highest BCUT2D eigenvalue weighted by atomic mass is 16.7. The van der Waals surface area contributed by atoms with E-state index in [1.807, 2.05) is 18.2 Å². The molecule has 0 bridgehead atoms. The number of amides is 3.